The summed E-state index contributed by atoms with van der Waals surface area (Å²) in [5.74, 6) is -9.53. The Hall–Kier alpha value is -3.56. The summed E-state index contributed by atoms with van der Waals surface area (Å²) < 4.78 is 9.55. The smallest absolute Gasteiger partial charge is 0.372 e. The average molecular weight is 310 g/mol. The van der Waals surface area contributed by atoms with Gasteiger partial charge in [0.15, 0.2) is 11.5 Å². The number of aromatic carboxylic acids is 4. The molecular formula is C12H6O10. The second kappa shape index (κ2) is 5.09. The lowest BCUT2D eigenvalue weighted by Gasteiger charge is -1.97. The molecule has 0 unspecified atom stereocenters. The van der Waals surface area contributed by atoms with E-state index in [1.807, 2.05) is 0 Å². The van der Waals surface area contributed by atoms with Gasteiger partial charge >= 0.3 is 23.9 Å². The molecule has 2 aromatic heterocycles. The van der Waals surface area contributed by atoms with E-state index in [1.54, 1.807) is 0 Å². The third-order valence-corrected chi connectivity index (χ3v) is 2.63. The highest BCUT2D eigenvalue weighted by Gasteiger charge is 2.36. The van der Waals surface area contributed by atoms with Crippen LogP contribution in [0.2, 0.25) is 0 Å². The number of carboxylic acids is 4. The van der Waals surface area contributed by atoms with Crippen LogP contribution in [0.1, 0.15) is 41.6 Å². The van der Waals surface area contributed by atoms with Crippen LogP contribution in [-0.2, 0) is 0 Å². The van der Waals surface area contributed by atoms with E-state index in [2.05, 4.69) is 0 Å². The van der Waals surface area contributed by atoms with Gasteiger partial charge in [-0.3, -0.25) is 0 Å². The van der Waals surface area contributed by atoms with Gasteiger partial charge in [-0.25, -0.2) is 19.2 Å². The van der Waals surface area contributed by atoms with Crippen molar-refractivity contribution in [2.24, 2.45) is 0 Å². The molecule has 2 rings (SSSR count). The minimum Gasteiger partial charge on any atom is -0.478 e. The van der Waals surface area contributed by atoms with Crippen molar-refractivity contribution in [2.45, 2.75) is 0 Å². The molecule has 22 heavy (non-hydrogen) atoms. The topological polar surface area (TPSA) is 175 Å². The van der Waals surface area contributed by atoms with Crippen LogP contribution in [0.25, 0.3) is 11.5 Å². The molecule has 0 aromatic carbocycles. The molecule has 4 N–H and O–H groups in total. The Morgan fingerprint density at radius 3 is 1.82 bits per heavy atom. The molecule has 0 radical (unpaired) electrons. The summed E-state index contributed by atoms with van der Waals surface area (Å²) in [5, 5.41) is 36.0. The zero-order valence-corrected chi connectivity index (χ0v) is 10.4. The van der Waals surface area contributed by atoms with Gasteiger partial charge < -0.3 is 29.3 Å². The van der Waals surface area contributed by atoms with Crippen LogP contribution in [0, 0.1) is 0 Å². The third kappa shape index (κ3) is 2.18. The van der Waals surface area contributed by atoms with E-state index in [0.29, 0.717) is 0 Å². The molecule has 10 heteroatoms. The van der Waals surface area contributed by atoms with E-state index in [0.717, 1.165) is 12.3 Å². The number of carboxylic acid groups (broad SMARTS) is 4. The van der Waals surface area contributed by atoms with Crippen molar-refractivity contribution in [1.29, 1.82) is 0 Å². The molecule has 0 saturated heterocycles. The predicted octanol–water partition coefficient (Wildman–Crippen LogP) is 1.33. The van der Waals surface area contributed by atoms with Crippen LogP contribution in [0.4, 0.5) is 0 Å². The van der Waals surface area contributed by atoms with Crippen LogP contribution in [0.5, 0.6) is 0 Å². The molecule has 0 bridgehead atoms. The first kappa shape index (κ1) is 14.8. The zero-order chi connectivity index (χ0) is 16.6. The second-order valence-corrected chi connectivity index (χ2v) is 3.89. The summed E-state index contributed by atoms with van der Waals surface area (Å²) in [6.45, 7) is 0. The van der Waals surface area contributed by atoms with Gasteiger partial charge in [-0.2, -0.15) is 0 Å². The molecule has 0 aliphatic heterocycles. The molecule has 0 atom stereocenters. The molecule has 10 nitrogen and oxygen atoms in total. The Labute approximate surface area is 119 Å². The van der Waals surface area contributed by atoms with E-state index >= 15 is 0 Å². The van der Waals surface area contributed by atoms with Crippen LogP contribution < -0.4 is 0 Å². The van der Waals surface area contributed by atoms with Gasteiger partial charge in [0.05, 0.1) is 6.26 Å². The van der Waals surface area contributed by atoms with E-state index in [9.17, 15) is 19.2 Å². The summed E-state index contributed by atoms with van der Waals surface area (Å²) in [7, 11) is 0. The van der Waals surface area contributed by atoms with E-state index in [4.69, 9.17) is 29.3 Å². The van der Waals surface area contributed by atoms with Gasteiger partial charge in [-0.1, -0.05) is 0 Å². The first-order chi connectivity index (χ1) is 10.3. The SMILES string of the molecule is O=C(O)c1ccoc1-c1oc(C(=O)O)c(C(=O)O)c1C(=O)O. The fraction of sp³-hybridized carbons (Fsp3) is 0. The van der Waals surface area contributed by atoms with Crippen molar-refractivity contribution in [1.82, 2.24) is 0 Å². The second-order valence-electron chi connectivity index (χ2n) is 3.89. The molecule has 0 spiro atoms. The number of hydrogen-bond acceptors (Lipinski definition) is 6. The van der Waals surface area contributed by atoms with Crippen LogP contribution >= 0.6 is 0 Å². The maximum Gasteiger partial charge on any atom is 0.372 e. The van der Waals surface area contributed by atoms with Crippen molar-refractivity contribution >= 4 is 23.9 Å². The maximum atomic E-state index is 11.3. The van der Waals surface area contributed by atoms with Crippen LogP contribution in [-0.4, -0.2) is 44.3 Å². The zero-order valence-electron chi connectivity index (χ0n) is 10.4. The Bertz CT molecular complexity index is 806. The van der Waals surface area contributed by atoms with Gasteiger partial charge in [0.2, 0.25) is 5.76 Å². The van der Waals surface area contributed by atoms with Crippen molar-refractivity contribution in [3.8, 4) is 11.5 Å². The number of hydrogen-bond donors (Lipinski definition) is 4. The highest BCUT2D eigenvalue weighted by molar-refractivity contribution is 6.11. The number of furan rings is 2. The summed E-state index contributed by atoms with van der Waals surface area (Å²) >= 11 is 0. The highest BCUT2D eigenvalue weighted by Crippen LogP contribution is 2.34. The van der Waals surface area contributed by atoms with Crippen LogP contribution in [0.15, 0.2) is 21.2 Å². The first-order valence-corrected chi connectivity index (χ1v) is 5.43. The molecule has 0 amide bonds. The normalized spacial score (nSPS) is 10.4. The summed E-state index contributed by atoms with van der Waals surface area (Å²) in [6.07, 6.45) is 0.911. The fourth-order valence-electron chi connectivity index (χ4n) is 1.80. The highest BCUT2D eigenvalue weighted by atomic mass is 16.4. The Balaban J connectivity index is 2.87. The average Bonchev–Trinajstić information content (AvgIpc) is 3.02. The predicted molar refractivity (Wildman–Crippen MR) is 64.2 cm³/mol. The Morgan fingerprint density at radius 1 is 0.773 bits per heavy atom. The standard InChI is InChI=1S/C12H6O10/c13-9(14)3-1-2-21-6(3)7-4(10(15)16)5(11(17)18)8(22-7)12(19)20/h1-2H,(H,13,14)(H,15,16)(H,17,18)(H,19,20). The van der Waals surface area contributed by atoms with Gasteiger partial charge in [0, 0.05) is 0 Å². The largest absolute Gasteiger partial charge is 0.478 e. The fourth-order valence-corrected chi connectivity index (χ4v) is 1.80. The molecule has 0 fully saturated rings. The number of rotatable bonds is 5. The summed E-state index contributed by atoms with van der Waals surface area (Å²) in [6, 6.07) is 0.979. The van der Waals surface area contributed by atoms with Gasteiger partial charge in [-0.15, -0.1) is 0 Å². The minimum atomic E-state index is -1.85. The van der Waals surface area contributed by atoms with Crippen LogP contribution in [0.3, 0.4) is 0 Å². The third-order valence-electron chi connectivity index (χ3n) is 2.63. The molecule has 0 aliphatic rings. The van der Waals surface area contributed by atoms with Crippen molar-refractivity contribution in [3.63, 3.8) is 0 Å². The van der Waals surface area contributed by atoms with Gasteiger partial charge in [0.25, 0.3) is 0 Å². The summed E-state index contributed by atoms with van der Waals surface area (Å²) in [4.78, 5) is 44.4. The Morgan fingerprint density at radius 2 is 1.36 bits per heavy atom. The van der Waals surface area contributed by atoms with E-state index in [1.165, 1.54) is 0 Å². The van der Waals surface area contributed by atoms with E-state index in [-0.39, 0.29) is 0 Å². The van der Waals surface area contributed by atoms with Crippen molar-refractivity contribution < 1.29 is 48.4 Å². The molecule has 0 aliphatic carbocycles. The minimum absolute atomic E-state index is 0.509. The maximum absolute atomic E-state index is 11.3. The lowest BCUT2D eigenvalue weighted by molar-refractivity contribution is 0.0621. The van der Waals surface area contributed by atoms with Crippen molar-refractivity contribution in [2.75, 3.05) is 0 Å². The molecule has 0 saturated carbocycles. The Kier molecular flexibility index (Phi) is 3.43. The molecule has 2 heterocycles. The van der Waals surface area contributed by atoms with Crippen molar-refractivity contribution in [3.05, 3.63) is 34.8 Å². The van der Waals surface area contributed by atoms with Gasteiger partial charge in [-0.05, 0) is 6.07 Å². The summed E-state index contributed by atoms with van der Waals surface area (Å²) in [5.41, 5.74) is -2.63. The molecular weight excluding hydrogens is 304 g/mol. The number of carbonyl (C=O) groups is 4. The lowest BCUT2D eigenvalue weighted by atomic mass is 10.1. The molecule has 114 valence electrons. The molecule has 2 aromatic rings. The van der Waals surface area contributed by atoms with E-state index < -0.39 is 57.8 Å². The first-order valence-electron chi connectivity index (χ1n) is 5.43. The van der Waals surface area contributed by atoms with Gasteiger partial charge in [0.1, 0.15) is 16.7 Å². The lowest BCUT2D eigenvalue weighted by Crippen LogP contribution is -2.10. The quantitative estimate of drug-likeness (QED) is 0.630. The monoisotopic (exact) mass is 310 g/mol.